The van der Waals surface area contributed by atoms with Crippen molar-refractivity contribution in [2.24, 2.45) is 5.18 Å². The fraction of sp³-hybridized carbons (Fsp3) is 0.294. The van der Waals surface area contributed by atoms with Crippen molar-refractivity contribution in [3.8, 4) is 5.75 Å². The van der Waals surface area contributed by atoms with Crippen LogP contribution in [0.3, 0.4) is 0 Å². The van der Waals surface area contributed by atoms with Crippen LogP contribution in [0.15, 0.2) is 47.6 Å². The molecule has 0 amide bonds. The zero-order valence-electron chi connectivity index (χ0n) is 12.6. The van der Waals surface area contributed by atoms with Gasteiger partial charge in [0.2, 0.25) is 0 Å². The number of phenolic OH excluding ortho intramolecular Hbond substituents is 1. The highest BCUT2D eigenvalue weighted by molar-refractivity contribution is 5.50. The average Bonchev–Trinajstić information content (AvgIpc) is 2.46. The Morgan fingerprint density at radius 3 is 2.33 bits per heavy atom. The molecular formula is C17H20N2O2. The molecule has 2 N–H and O–H groups in total. The number of nitrogens with one attached hydrogen (secondary N) is 1. The smallest absolute Gasteiger partial charge is 0.120 e. The third-order valence-electron chi connectivity index (χ3n) is 3.40. The summed E-state index contributed by atoms with van der Waals surface area (Å²) in [7, 11) is 0. The Morgan fingerprint density at radius 2 is 1.76 bits per heavy atom. The molecule has 0 bridgehead atoms. The van der Waals surface area contributed by atoms with Crippen LogP contribution in [0.25, 0.3) is 0 Å². The third-order valence-corrected chi connectivity index (χ3v) is 3.40. The van der Waals surface area contributed by atoms with Gasteiger partial charge in [-0.1, -0.05) is 32.9 Å². The Balaban J connectivity index is 2.08. The van der Waals surface area contributed by atoms with Crippen LogP contribution in [0, 0.1) is 4.91 Å². The van der Waals surface area contributed by atoms with E-state index in [-0.39, 0.29) is 11.2 Å². The average molecular weight is 284 g/mol. The van der Waals surface area contributed by atoms with Gasteiger partial charge >= 0.3 is 0 Å². The molecule has 2 aromatic rings. The van der Waals surface area contributed by atoms with Crippen LogP contribution in [0.2, 0.25) is 0 Å². The largest absolute Gasteiger partial charge is 0.508 e. The number of hydrogen-bond acceptors (Lipinski definition) is 4. The Kier molecular flexibility index (Phi) is 4.26. The van der Waals surface area contributed by atoms with E-state index in [0.29, 0.717) is 17.8 Å². The normalized spacial score (nSPS) is 11.2. The Labute approximate surface area is 124 Å². The number of phenols is 1. The zero-order chi connectivity index (χ0) is 15.5. The molecule has 0 unspecified atom stereocenters. The van der Waals surface area contributed by atoms with Crippen molar-refractivity contribution in [1.29, 1.82) is 0 Å². The summed E-state index contributed by atoms with van der Waals surface area (Å²) < 4.78 is 0. The second-order valence-electron chi connectivity index (χ2n) is 6.09. The Morgan fingerprint density at radius 1 is 1.10 bits per heavy atom. The molecule has 0 aromatic heterocycles. The molecule has 4 nitrogen and oxygen atoms in total. The first-order valence-electron chi connectivity index (χ1n) is 6.90. The fourth-order valence-corrected chi connectivity index (χ4v) is 2.06. The van der Waals surface area contributed by atoms with E-state index < -0.39 is 0 Å². The summed E-state index contributed by atoms with van der Waals surface area (Å²) in [6, 6.07) is 12.8. The number of nitroso groups, excluding NO2 is 1. The minimum atomic E-state index is 0.126. The molecule has 21 heavy (non-hydrogen) atoms. The van der Waals surface area contributed by atoms with Crippen molar-refractivity contribution in [2.45, 2.75) is 32.7 Å². The first kappa shape index (κ1) is 15.0. The molecule has 110 valence electrons. The highest BCUT2D eigenvalue weighted by atomic mass is 16.3. The molecule has 0 heterocycles. The summed E-state index contributed by atoms with van der Waals surface area (Å²) in [6.45, 7) is 6.95. The van der Waals surface area contributed by atoms with Gasteiger partial charge in [-0.25, -0.2) is 0 Å². The van der Waals surface area contributed by atoms with Gasteiger partial charge in [-0.15, -0.1) is 4.91 Å². The van der Waals surface area contributed by atoms with Gasteiger partial charge in [0.25, 0.3) is 0 Å². The zero-order valence-corrected chi connectivity index (χ0v) is 12.6. The molecule has 0 radical (unpaired) electrons. The van der Waals surface area contributed by atoms with E-state index in [1.807, 2.05) is 12.1 Å². The lowest BCUT2D eigenvalue weighted by Gasteiger charge is -2.19. The lowest BCUT2D eigenvalue weighted by molar-refractivity contribution is 0.469. The van der Waals surface area contributed by atoms with Gasteiger partial charge in [-0.2, -0.15) is 0 Å². The van der Waals surface area contributed by atoms with Crippen LogP contribution >= 0.6 is 0 Å². The number of nitrogens with zero attached hydrogens (tertiary/aromatic N) is 1. The van der Waals surface area contributed by atoms with Gasteiger partial charge in [0.05, 0.1) is 0 Å². The van der Waals surface area contributed by atoms with Crippen molar-refractivity contribution < 1.29 is 5.11 Å². The number of aromatic hydroxyl groups is 1. The monoisotopic (exact) mass is 284 g/mol. The van der Waals surface area contributed by atoms with Gasteiger partial charge in [0.1, 0.15) is 11.4 Å². The molecule has 0 spiro atoms. The maximum atomic E-state index is 10.5. The van der Waals surface area contributed by atoms with Gasteiger partial charge in [-0.05, 0) is 46.5 Å². The summed E-state index contributed by atoms with van der Waals surface area (Å²) in [4.78, 5) is 10.5. The second-order valence-corrected chi connectivity index (χ2v) is 6.09. The molecule has 2 rings (SSSR count). The molecule has 0 saturated heterocycles. The van der Waals surface area contributed by atoms with Crippen molar-refractivity contribution in [3.63, 3.8) is 0 Å². The summed E-state index contributed by atoms with van der Waals surface area (Å²) in [6.07, 6.45) is 0. The molecule has 0 aliphatic heterocycles. The molecule has 0 fully saturated rings. The second kappa shape index (κ2) is 5.95. The molecule has 2 aromatic carbocycles. The van der Waals surface area contributed by atoms with Crippen LogP contribution in [0.4, 0.5) is 11.4 Å². The van der Waals surface area contributed by atoms with E-state index in [0.717, 1.165) is 5.69 Å². The van der Waals surface area contributed by atoms with Crippen molar-refractivity contribution >= 4 is 11.4 Å². The lowest BCUT2D eigenvalue weighted by Crippen LogP contribution is -2.10. The van der Waals surface area contributed by atoms with E-state index in [9.17, 15) is 10.0 Å². The topological polar surface area (TPSA) is 61.7 Å². The van der Waals surface area contributed by atoms with Crippen LogP contribution in [-0.4, -0.2) is 5.11 Å². The highest BCUT2D eigenvalue weighted by Gasteiger charge is 2.12. The van der Waals surface area contributed by atoms with Crippen LogP contribution in [0.5, 0.6) is 5.75 Å². The Bertz CT molecular complexity index is 628. The van der Waals surface area contributed by atoms with Crippen molar-refractivity contribution in [1.82, 2.24) is 0 Å². The number of benzene rings is 2. The number of anilines is 1. The predicted molar refractivity (Wildman–Crippen MR) is 86.0 cm³/mol. The Hall–Kier alpha value is -2.36. The summed E-state index contributed by atoms with van der Waals surface area (Å²) in [5.74, 6) is 0.154. The first-order chi connectivity index (χ1) is 9.90. The molecular weight excluding hydrogens is 264 g/mol. The fourth-order valence-electron chi connectivity index (χ4n) is 2.06. The van der Waals surface area contributed by atoms with Crippen molar-refractivity contribution in [3.05, 3.63) is 58.5 Å². The molecule has 0 saturated carbocycles. The third kappa shape index (κ3) is 3.81. The standard InChI is InChI=1S/C17H20N2O2/c1-17(2,3)13-4-6-14(7-5-13)18-11-12-10-15(19-21)8-9-16(12)20/h4-10,18,20H,11H2,1-3H3. The van der Waals surface area contributed by atoms with E-state index in [1.165, 1.54) is 17.7 Å². The van der Waals surface area contributed by atoms with E-state index >= 15 is 0 Å². The molecule has 0 atom stereocenters. The van der Waals surface area contributed by atoms with Crippen LogP contribution < -0.4 is 5.32 Å². The van der Waals surface area contributed by atoms with Gasteiger partial charge in [0, 0.05) is 17.8 Å². The number of hydrogen-bond donors (Lipinski definition) is 2. The summed E-state index contributed by atoms with van der Waals surface area (Å²) >= 11 is 0. The summed E-state index contributed by atoms with van der Waals surface area (Å²) in [5, 5.41) is 15.9. The van der Waals surface area contributed by atoms with Gasteiger partial charge in [0.15, 0.2) is 0 Å². The number of rotatable bonds is 4. The van der Waals surface area contributed by atoms with Gasteiger partial charge < -0.3 is 10.4 Å². The maximum Gasteiger partial charge on any atom is 0.120 e. The van der Waals surface area contributed by atoms with Gasteiger partial charge in [-0.3, -0.25) is 0 Å². The lowest BCUT2D eigenvalue weighted by atomic mass is 9.87. The predicted octanol–water partition coefficient (Wildman–Crippen LogP) is 4.70. The minimum absolute atomic E-state index is 0.126. The van der Waals surface area contributed by atoms with E-state index in [4.69, 9.17) is 0 Å². The van der Waals surface area contributed by atoms with E-state index in [2.05, 4.69) is 43.4 Å². The summed E-state index contributed by atoms with van der Waals surface area (Å²) in [5.41, 5.74) is 3.32. The van der Waals surface area contributed by atoms with Crippen LogP contribution in [-0.2, 0) is 12.0 Å². The molecule has 0 aliphatic carbocycles. The van der Waals surface area contributed by atoms with E-state index in [1.54, 1.807) is 6.07 Å². The van der Waals surface area contributed by atoms with Crippen molar-refractivity contribution in [2.75, 3.05) is 5.32 Å². The van der Waals surface area contributed by atoms with Crippen LogP contribution in [0.1, 0.15) is 31.9 Å². The first-order valence-corrected chi connectivity index (χ1v) is 6.90. The molecule has 4 heteroatoms. The molecule has 0 aliphatic rings. The maximum absolute atomic E-state index is 10.5. The minimum Gasteiger partial charge on any atom is -0.508 e. The quantitative estimate of drug-likeness (QED) is 0.800. The highest BCUT2D eigenvalue weighted by Crippen LogP contribution is 2.26. The SMILES string of the molecule is CC(C)(C)c1ccc(NCc2cc(N=O)ccc2O)cc1.